The number of hydrogen-bond donors (Lipinski definition) is 1. The van der Waals surface area contributed by atoms with E-state index >= 15 is 0 Å². The fraction of sp³-hybridized carbons (Fsp3) is 0.381. The van der Waals surface area contributed by atoms with Crippen LogP contribution in [0.5, 0.6) is 5.75 Å². The van der Waals surface area contributed by atoms with Crippen LogP contribution < -0.4 is 14.4 Å². The average molecular weight is 482 g/mol. The van der Waals surface area contributed by atoms with Crippen molar-refractivity contribution in [2.24, 2.45) is 0 Å². The van der Waals surface area contributed by atoms with Gasteiger partial charge in [0.25, 0.3) is 5.91 Å². The van der Waals surface area contributed by atoms with E-state index in [0.29, 0.717) is 30.1 Å². The zero-order chi connectivity index (χ0) is 23.4. The second kappa shape index (κ2) is 9.88. The van der Waals surface area contributed by atoms with E-state index < -0.39 is 20.0 Å². The lowest BCUT2D eigenvalue weighted by atomic mass is 10.2. The zero-order valence-corrected chi connectivity index (χ0v) is 19.7. The molecule has 0 aliphatic carbocycles. The molecule has 2 aromatic carbocycles. The number of hydrogen-bond acceptors (Lipinski definition) is 6. The summed E-state index contributed by atoms with van der Waals surface area (Å²) in [4.78, 5) is 12.6. The molecule has 9 nitrogen and oxygen atoms in total. The Labute approximate surface area is 189 Å². The number of nitrogens with zero attached hydrogens (tertiary/aromatic N) is 2. The molecule has 1 aliphatic rings. The lowest BCUT2D eigenvalue weighted by molar-refractivity contribution is 0.0947. The minimum Gasteiger partial charge on any atom is -0.492 e. The lowest BCUT2D eigenvalue weighted by Gasteiger charge is -2.17. The van der Waals surface area contributed by atoms with Crippen LogP contribution in [0, 0.1) is 0 Å². The van der Waals surface area contributed by atoms with Crippen LogP contribution in [0.4, 0.5) is 5.69 Å². The van der Waals surface area contributed by atoms with Gasteiger partial charge < -0.3 is 10.1 Å². The van der Waals surface area contributed by atoms with Gasteiger partial charge in [-0.2, -0.15) is 4.31 Å². The molecular weight excluding hydrogens is 454 g/mol. The van der Waals surface area contributed by atoms with Crippen molar-refractivity contribution in [1.29, 1.82) is 0 Å². The number of carbonyl (C=O) groups is 1. The Balaban J connectivity index is 1.51. The van der Waals surface area contributed by atoms with Gasteiger partial charge in [-0.1, -0.05) is 6.07 Å². The Bertz CT molecular complexity index is 1160. The first kappa shape index (κ1) is 24.0. The van der Waals surface area contributed by atoms with Gasteiger partial charge in [0.05, 0.1) is 23.4 Å². The second-order valence-corrected chi connectivity index (χ2v) is 11.4. The Morgan fingerprint density at radius 2 is 1.72 bits per heavy atom. The van der Waals surface area contributed by atoms with Crippen molar-refractivity contribution < 1.29 is 26.4 Å². The van der Waals surface area contributed by atoms with Crippen molar-refractivity contribution >= 4 is 31.6 Å². The highest BCUT2D eigenvalue weighted by atomic mass is 32.2. The number of ether oxygens (including phenoxy) is 1. The van der Waals surface area contributed by atoms with E-state index in [2.05, 4.69) is 5.32 Å². The van der Waals surface area contributed by atoms with E-state index in [1.165, 1.54) is 29.6 Å². The number of amides is 1. The minimum atomic E-state index is -3.46. The molecule has 32 heavy (non-hydrogen) atoms. The Morgan fingerprint density at radius 3 is 2.34 bits per heavy atom. The maximum absolute atomic E-state index is 12.5. The average Bonchev–Trinajstić information content (AvgIpc) is 3.32. The van der Waals surface area contributed by atoms with Gasteiger partial charge in [0.1, 0.15) is 12.4 Å². The van der Waals surface area contributed by atoms with Crippen molar-refractivity contribution in [1.82, 2.24) is 9.62 Å². The van der Waals surface area contributed by atoms with E-state index in [1.807, 2.05) is 0 Å². The number of sulfonamides is 2. The van der Waals surface area contributed by atoms with E-state index in [1.54, 1.807) is 30.3 Å². The highest BCUT2D eigenvalue weighted by Gasteiger charge is 2.26. The first-order valence-electron chi connectivity index (χ1n) is 10.1. The molecule has 1 fully saturated rings. The van der Waals surface area contributed by atoms with Crippen molar-refractivity contribution in [3.63, 3.8) is 0 Å². The summed E-state index contributed by atoms with van der Waals surface area (Å²) in [5.41, 5.74) is 0.717. The monoisotopic (exact) mass is 481 g/mol. The van der Waals surface area contributed by atoms with Crippen LogP contribution in [0.3, 0.4) is 0 Å². The van der Waals surface area contributed by atoms with Gasteiger partial charge in [-0.05, 0) is 55.3 Å². The molecule has 0 saturated carbocycles. The molecule has 3 rings (SSSR count). The third-order valence-corrected chi connectivity index (χ3v) is 8.27. The van der Waals surface area contributed by atoms with E-state index in [9.17, 15) is 21.6 Å². The quantitative estimate of drug-likeness (QED) is 0.545. The maximum atomic E-state index is 12.5. The Kier molecular flexibility index (Phi) is 7.42. The minimum absolute atomic E-state index is 0.187. The fourth-order valence-electron chi connectivity index (χ4n) is 3.26. The summed E-state index contributed by atoms with van der Waals surface area (Å²) < 4.78 is 56.6. The summed E-state index contributed by atoms with van der Waals surface area (Å²) in [5.74, 6) is 0.140. The number of rotatable bonds is 9. The van der Waals surface area contributed by atoms with Crippen LogP contribution in [0.25, 0.3) is 0 Å². The topological polar surface area (TPSA) is 113 Å². The molecule has 0 spiro atoms. The van der Waals surface area contributed by atoms with Crippen LogP contribution >= 0.6 is 0 Å². The molecule has 0 atom stereocenters. The van der Waals surface area contributed by atoms with Gasteiger partial charge in [0, 0.05) is 25.7 Å². The number of carbonyl (C=O) groups excluding carboxylic acids is 1. The standard InChI is InChI=1S/C21H27N3O6S2/c1-23(31(2,26)27)18-7-5-6-17(16-18)21(25)22-12-15-30-19-8-10-20(11-9-19)32(28,29)24-13-3-4-14-24/h5-11,16H,3-4,12-15H2,1-2H3,(H,22,25). The van der Waals surface area contributed by atoms with E-state index in [0.717, 1.165) is 23.4 Å². The molecule has 1 heterocycles. The van der Waals surface area contributed by atoms with Gasteiger partial charge in [0.2, 0.25) is 20.0 Å². The summed E-state index contributed by atoms with van der Waals surface area (Å²) in [7, 11) is -5.47. The molecule has 0 radical (unpaired) electrons. The maximum Gasteiger partial charge on any atom is 0.251 e. The molecule has 1 aliphatic heterocycles. The van der Waals surface area contributed by atoms with Crippen LogP contribution in [0.15, 0.2) is 53.4 Å². The summed E-state index contributed by atoms with van der Waals surface area (Å²) >= 11 is 0. The third kappa shape index (κ3) is 5.78. The SMILES string of the molecule is CN(c1cccc(C(=O)NCCOc2ccc(S(=O)(=O)N3CCCC3)cc2)c1)S(C)(=O)=O. The summed E-state index contributed by atoms with van der Waals surface area (Å²) in [6.45, 7) is 1.51. The Hall–Kier alpha value is -2.63. The second-order valence-electron chi connectivity index (χ2n) is 7.47. The molecular formula is C21H27N3O6S2. The van der Waals surface area contributed by atoms with Gasteiger partial charge >= 0.3 is 0 Å². The highest BCUT2D eigenvalue weighted by molar-refractivity contribution is 7.92. The van der Waals surface area contributed by atoms with Gasteiger partial charge in [-0.25, -0.2) is 16.8 Å². The Morgan fingerprint density at radius 1 is 1.06 bits per heavy atom. The lowest BCUT2D eigenvalue weighted by Crippen LogP contribution is -2.29. The van der Waals surface area contributed by atoms with Gasteiger partial charge in [0.15, 0.2) is 0 Å². The predicted octanol–water partition coefficient (Wildman–Crippen LogP) is 1.68. The van der Waals surface area contributed by atoms with Crippen LogP contribution in [0.1, 0.15) is 23.2 Å². The van der Waals surface area contributed by atoms with Crippen molar-refractivity contribution in [2.45, 2.75) is 17.7 Å². The molecule has 0 unspecified atom stereocenters. The highest BCUT2D eigenvalue weighted by Crippen LogP contribution is 2.23. The molecule has 2 aromatic rings. The molecule has 174 valence electrons. The van der Waals surface area contributed by atoms with E-state index in [4.69, 9.17) is 4.74 Å². The zero-order valence-electron chi connectivity index (χ0n) is 18.0. The van der Waals surface area contributed by atoms with Crippen LogP contribution in [-0.4, -0.2) is 66.6 Å². The van der Waals surface area contributed by atoms with Crippen LogP contribution in [0.2, 0.25) is 0 Å². The largest absolute Gasteiger partial charge is 0.492 e. The smallest absolute Gasteiger partial charge is 0.251 e. The van der Waals surface area contributed by atoms with Gasteiger partial charge in [-0.3, -0.25) is 9.10 Å². The fourth-order valence-corrected chi connectivity index (χ4v) is 5.27. The molecule has 11 heteroatoms. The first-order valence-corrected chi connectivity index (χ1v) is 13.4. The summed E-state index contributed by atoms with van der Waals surface area (Å²) in [5, 5.41) is 2.71. The van der Waals surface area contributed by atoms with Crippen molar-refractivity contribution in [3.05, 3.63) is 54.1 Å². The summed E-state index contributed by atoms with van der Waals surface area (Å²) in [6, 6.07) is 12.5. The molecule has 0 bridgehead atoms. The molecule has 0 aromatic heterocycles. The van der Waals surface area contributed by atoms with Gasteiger partial charge in [-0.15, -0.1) is 0 Å². The van der Waals surface area contributed by atoms with Crippen LogP contribution in [-0.2, 0) is 20.0 Å². The summed E-state index contributed by atoms with van der Waals surface area (Å²) in [6.07, 6.45) is 2.85. The van der Waals surface area contributed by atoms with Crippen molar-refractivity contribution in [2.75, 3.05) is 43.8 Å². The first-order chi connectivity index (χ1) is 15.1. The third-order valence-electron chi connectivity index (χ3n) is 5.15. The molecule has 1 N–H and O–H groups in total. The van der Waals surface area contributed by atoms with Crippen molar-refractivity contribution in [3.8, 4) is 5.75 Å². The predicted molar refractivity (Wildman–Crippen MR) is 122 cm³/mol. The van der Waals surface area contributed by atoms with E-state index in [-0.39, 0.29) is 24.0 Å². The molecule has 1 saturated heterocycles. The number of nitrogens with one attached hydrogen (secondary N) is 1. The molecule has 1 amide bonds. The number of anilines is 1. The number of benzene rings is 2. The normalized spacial score (nSPS) is 14.8.